The average molecular weight is 191 g/mol. The summed E-state index contributed by atoms with van der Waals surface area (Å²) in [5.41, 5.74) is 7.59. The number of aromatic nitrogens is 1. The number of hydrogen-bond acceptors (Lipinski definition) is 2. The highest BCUT2D eigenvalue weighted by Crippen LogP contribution is 2.43. The number of fused-ring (bicyclic) bond motifs is 1. The van der Waals surface area contributed by atoms with E-state index in [1.807, 2.05) is 0 Å². The van der Waals surface area contributed by atoms with Crippen molar-refractivity contribution in [3.8, 4) is 0 Å². The summed E-state index contributed by atoms with van der Waals surface area (Å²) >= 11 is 0. The predicted octanol–water partition coefficient (Wildman–Crippen LogP) is 1.35. The van der Waals surface area contributed by atoms with Crippen molar-refractivity contribution in [1.82, 2.24) is 4.57 Å². The Balaban J connectivity index is 1.97. The maximum Gasteiger partial charge on any atom is 0.113 e. The van der Waals surface area contributed by atoms with E-state index in [1.54, 1.807) is 0 Å². The van der Waals surface area contributed by atoms with E-state index < -0.39 is 0 Å². The minimum Gasteiger partial charge on any atom is -0.359 e. The van der Waals surface area contributed by atoms with Crippen LogP contribution in [-0.4, -0.2) is 18.2 Å². The molecule has 3 nitrogen and oxygen atoms in total. The van der Waals surface area contributed by atoms with Gasteiger partial charge in [0.1, 0.15) is 5.82 Å². The molecule has 1 saturated carbocycles. The first-order valence-corrected chi connectivity index (χ1v) is 5.43. The molecule has 1 atom stereocenters. The molecule has 14 heavy (non-hydrogen) atoms. The fraction of sp³-hybridized carbons (Fsp3) is 0.636. The lowest BCUT2D eigenvalue weighted by atomic mass is 10.1. The molecule has 0 bridgehead atoms. The SMILES string of the molecule is CN1CCn2ccc(C(N)C3CC3)c21. The molecule has 2 heterocycles. The van der Waals surface area contributed by atoms with Crippen LogP contribution in [0.3, 0.4) is 0 Å². The number of rotatable bonds is 2. The molecule has 1 aliphatic heterocycles. The topological polar surface area (TPSA) is 34.2 Å². The first kappa shape index (κ1) is 8.36. The van der Waals surface area contributed by atoms with E-state index in [9.17, 15) is 0 Å². The van der Waals surface area contributed by atoms with Crippen LogP contribution in [0.25, 0.3) is 0 Å². The molecule has 0 saturated heterocycles. The Hall–Kier alpha value is -0.960. The zero-order valence-electron chi connectivity index (χ0n) is 8.61. The van der Waals surface area contributed by atoms with E-state index in [1.165, 1.54) is 24.2 Å². The number of anilines is 1. The zero-order chi connectivity index (χ0) is 9.71. The van der Waals surface area contributed by atoms with Crippen LogP contribution in [0.4, 0.5) is 5.82 Å². The molecule has 1 aliphatic carbocycles. The standard InChI is InChI=1S/C11H17N3/c1-13-6-7-14-5-4-9(11(13)14)10(12)8-2-3-8/h4-5,8,10H,2-3,6-7,12H2,1H3. The van der Waals surface area contributed by atoms with Gasteiger partial charge >= 0.3 is 0 Å². The van der Waals surface area contributed by atoms with Gasteiger partial charge in [0, 0.05) is 37.9 Å². The summed E-state index contributed by atoms with van der Waals surface area (Å²) in [6.07, 6.45) is 4.81. The van der Waals surface area contributed by atoms with Crippen molar-refractivity contribution in [1.29, 1.82) is 0 Å². The summed E-state index contributed by atoms with van der Waals surface area (Å²) in [5.74, 6) is 2.10. The van der Waals surface area contributed by atoms with Crippen molar-refractivity contribution < 1.29 is 0 Å². The fourth-order valence-corrected chi connectivity index (χ4v) is 2.43. The maximum atomic E-state index is 6.24. The van der Waals surface area contributed by atoms with Gasteiger partial charge in [-0.25, -0.2) is 0 Å². The average Bonchev–Trinajstić information content (AvgIpc) is 2.84. The second-order valence-electron chi connectivity index (χ2n) is 4.57. The molecule has 1 fully saturated rings. The number of nitrogens with two attached hydrogens (primary N) is 1. The smallest absolute Gasteiger partial charge is 0.113 e. The van der Waals surface area contributed by atoms with Crippen LogP contribution in [0.1, 0.15) is 24.4 Å². The van der Waals surface area contributed by atoms with Gasteiger partial charge in [-0.2, -0.15) is 0 Å². The molecule has 0 aromatic carbocycles. The fourth-order valence-electron chi connectivity index (χ4n) is 2.43. The van der Waals surface area contributed by atoms with Gasteiger partial charge in [-0.05, 0) is 24.8 Å². The van der Waals surface area contributed by atoms with Crippen molar-refractivity contribution in [2.24, 2.45) is 11.7 Å². The molecule has 76 valence electrons. The Morgan fingerprint density at radius 3 is 2.93 bits per heavy atom. The van der Waals surface area contributed by atoms with Crippen LogP contribution < -0.4 is 10.6 Å². The summed E-state index contributed by atoms with van der Waals surface area (Å²) in [6.45, 7) is 2.24. The molecule has 0 radical (unpaired) electrons. The van der Waals surface area contributed by atoms with Crippen molar-refractivity contribution in [3.05, 3.63) is 17.8 Å². The molecule has 0 amide bonds. The minimum atomic E-state index is 0.270. The van der Waals surface area contributed by atoms with Crippen molar-refractivity contribution in [3.63, 3.8) is 0 Å². The molecule has 2 aliphatic rings. The van der Waals surface area contributed by atoms with Crippen LogP contribution in [0.15, 0.2) is 12.3 Å². The first-order chi connectivity index (χ1) is 6.77. The molecule has 3 rings (SSSR count). The molecule has 2 N–H and O–H groups in total. The summed E-state index contributed by atoms with van der Waals surface area (Å²) in [6, 6.07) is 2.47. The van der Waals surface area contributed by atoms with Crippen LogP contribution in [0.2, 0.25) is 0 Å². The summed E-state index contributed by atoms with van der Waals surface area (Å²) in [5, 5.41) is 0. The molecule has 1 unspecified atom stereocenters. The molecule has 1 aromatic rings. The second kappa shape index (κ2) is 2.76. The highest BCUT2D eigenvalue weighted by molar-refractivity contribution is 5.53. The van der Waals surface area contributed by atoms with Crippen LogP contribution in [-0.2, 0) is 6.54 Å². The van der Waals surface area contributed by atoms with Gasteiger partial charge in [-0.3, -0.25) is 0 Å². The third-order valence-corrected chi connectivity index (χ3v) is 3.49. The van der Waals surface area contributed by atoms with Gasteiger partial charge in [0.25, 0.3) is 0 Å². The third-order valence-electron chi connectivity index (χ3n) is 3.49. The lowest BCUT2D eigenvalue weighted by molar-refractivity contribution is 0.633. The largest absolute Gasteiger partial charge is 0.359 e. The van der Waals surface area contributed by atoms with Gasteiger partial charge in [-0.15, -0.1) is 0 Å². The van der Waals surface area contributed by atoms with Gasteiger partial charge in [0.15, 0.2) is 0 Å². The van der Waals surface area contributed by atoms with Gasteiger partial charge in [0.05, 0.1) is 0 Å². The van der Waals surface area contributed by atoms with Gasteiger partial charge in [-0.1, -0.05) is 0 Å². The molecule has 3 heteroatoms. The van der Waals surface area contributed by atoms with E-state index in [0.717, 1.165) is 19.0 Å². The quantitative estimate of drug-likeness (QED) is 0.765. The number of nitrogens with zero attached hydrogens (tertiary/aromatic N) is 2. The summed E-state index contributed by atoms with van der Waals surface area (Å²) in [4.78, 5) is 2.32. The van der Waals surface area contributed by atoms with E-state index in [2.05, 4.69) is 28.8 Å². The monoisotopic (exact) mass is 191 g/mol. The predicted molar refractivity (Wildman–Crippen MR) is 57.4 cm³/mol. The number of likely N-dealkylation sites (N-methyl/N-ethyl adjacent to an activating group) is 1. The Labute approximate surface area is 84.5 Å². The molecular formula is C11H17N3. The highest BCUT2D eigenvalue weighted by atomic mass is 15.3. The lowest BCUT2D eigenvalue weighted by Gasteiger charge is -2.16. The lowest BCUT2D eigenvalue weighted by Crippen LogP contribution is -2.18. The normalized spacial score (nSPS) is 22.6. The van der Waals surface area contributed by atoms with Gasteiger partial charge in [0.2, 0.25) is 0 Å². The van der Waals surface area contributed by atoms with Crippen LogP contribution >= 0.6 is 0 Å². The summed E-state index contributed by atoms with van der Waals surface area (Å²) < 4.78 is 2.32. The first-order valence-electron chi connectivity index (χ1n) is 5.43. The Morgan fingerprint density at radius 2 is 2.21 bits per heavy atom. The van der Waals surface area contributed by atoms with E-state index in [4.69, 9.17) is 5.73 Å². The Bertz CT molecular complexity index is 351. The molecule has 0 spiro atoms. The van der Waals surface area contributed by atoms with E-state index in [0.29, 0.717) is 0 Å². The van der Waals surface area contributed by atoms with Crippen molar-refractivity contribution >= 4 is 5.82 Å². The highest BCUT2D eigenvalue weighted by Gasteiger charge is 2.33. The molecule has 1 aromatic heterocycles. The minimum absolute atomic E-state index is 0.270. The van der Waals surface area contributed by atoms with E-state index >= 15 is 0 Å². The van der Waals surface area contributed by atoms with Crippen LogP contribution in [0.5, 0.6) is 0 Å². The second-order valence-corrected chi connectivity index (χ2v) is 4.57. The zero-order valence-corrected chi connectivity index (χ0v) is 8.61. The van der Waals surface area contributed by atoms with Crippen molar-refractivity contribution in [2.75, 3.05) is 18.5 Å². The number of hydrogen-bond donors (Lipinski definition) is 1. The third kappa shape index (κ3) is 1.08. The van der Waals surface area contributed by atoms with Gasteiger partial charge < -0.3 is 15.2 Å². The van der Waals surface area contributed by atoms with E-state index in [-0.39, 0.29) is 6.04 Å². The summed E-state index contributed by atoms with van der Waals surface area (Å²) in [7, 11) is 2.15. The van der Waals surface area contributed by atoms with Crippen molar-refractivity contribution in [2.45, 2.75) is 25.4 Å². The maximum absolute atomic E-state index is 6.24. The Morgan fingerprint density at radius 1 is 1.43 bits per heavy atom. The molecular weight excluding hydrogens is 174 g/mol. The Kier molecular flexibility index (Phi) is 1.65. The van der Waals surface area contributed by atoms with Crippen LogP contribution in [0, 0.1) is 5.92 Å².